The Hall–Kier alpha value is -1.84. The van der Waals surface area contributed by atoms with E-state index in [9.17, 15) is 0 Å². The second-order valence-electron chi connectivity index (χ2n) is 5.81. The molecule has 1 unspecified atom stereocenters. The molecule has 0 aromatic carbocycles. The van der Waals surface area contributed by atoms with Crippen molar-refractivity contribution in [1.29, 1.82) is 0 Å². The van der Waals surface area contributed by atoms with Crippen molar-refractivity contribution in [1.82, 2.24) is 14.5 Å². The molecule has 22 heavy (non-hydrogen) atoms. The van der Waals surface area contributed by atoms with Gasteiger partial charge in [0.05, 0.1) is 19.1 Å². The zero-order valence-corrected chi connectivity index (χ0v) is 14.2. The molecule has 0 saturated carbocycles. The summed E-state index contributed by atoms with van der Waals surface area (Å²) < 4.78 is 7.49. The third kappa shape index (κ3) is 3.87. The summed E-state index contributed by atoms with van der Waals surface area (Å²) >= 11 is 0. The van der Waals surface area contributed by atoms with E-state index in [0.29, 0.717) is 11.8 Å². The van der Waals surface area contributed by atoms with Gasteiger partial charge in [-0.05, 0) is 31.9 Å². The van der Waals surface area contributed by atoms with Crippen molar-refractivity contribution in [2.45, 2.75) is 58.8 Å². The van der Waals surface area contributed by atoms with E-state index in [1.165, 1.54) is 32.1 Å². The predicted octanol–water partition coefficient (Wildman–Crippen LogP) is 4.66. The van der Waals surface area contributed by atoms with E-state index in [1.54, 1.807) is 13.4 Å². The van der Waals surface area contributed by atoms with Gasteiger partial charge in [0, 0.05) is 17.8 Å². The molecule has 1 atom stereocenters. The van der Waals surface area contributed by atoms with Crippen LogP contribution in [0.5, 0.6) is 5.88 Å². The fourth-order valence-electron chi connectivity index (χ4n) is 2.81. The number of imidazole rings is 1. The van der Waals surface area contributed by atoms with Crippen molar-refractivity contribution in [3.8, 4) is 11.6 Å². The van der Waals surface area contributed by atoms with Crippen LogP contribution in [-0.2, 0) is 0 Å². The third-order valence-electron chi connectivity index (χ3n) is 4.01. The Kier molecular flexibility index (Phi) is 5.99. The Morgan fingerprint density at radius 2 is 2.00 bits per heavy atom. The van der Waals surface area contributed by atoms with Gasteiger partial charge in [0.15, 0.2) is 0 Å². The maximum atomic E-state index is 5.52. The van der Waals surface area contributed by atoms with E-state index in [4.69, 9.17) is 9.72 Å². The molecule has 0 aliphatic carbocycles. The fraction of sp³-hybridized carbons (Fsp3) is 0.556. The summed E-state index contributed by atoms with van der Waals surface area (Å²) in [5, 5.41) is 0. The van der Waals surface area contributed by atoms with Gasteiger partial charge in [-0.2, -0.15) is 0 Å². The summed E-state index contributed by atoms with van der Waals surface area (Å²) in [7, 11) is 1.68. The van der Waals surface area contributed by atoms with Crippen LogP contribution < -0.4 is 4.74 Å². The van der Waals surface area contributed by atoms with E-state index in [0.717, 1.165) is 17.1 Å². The van der Waals surface area contributed by atoms with Crippen LogP contribution in [0.1, 0.15) is 63.3 Å². The summed E-state index contributed by atoms with van der Waals surface area (Å²) in [6, 6.07) is 4.24. The van der Waals surface area contributed by atoms with E-state index >= 15 is 0 Å². The van der Waals surface area contributed by atoms with Crippen molar-refractivity contribution in [2.75, 3.05) is 7.11 Å². The van der Waals surface area contributed by atoms with Crippen LogP contribution in [-0.4, -0.2) is 21.6 Å². The van der Waals surface area contributed by atoms with Crippen LogP contribution in [0.15, 0.2) is 24.7 Å². The molecular formula is C18H27N3O. The van der Waals surface area contributed by atoms with Crippen LogP contribution in [0.2, 0.25) is 0 Å². The van der Waals surface area contributed by atoms with Crippen LogP contribution in [0.25, 0.3) is 5.69 Å². The zero-order valence-electron chi connectivity index (χ0n) is 14.2. The van der Waals surface area contributed by atoms with Gasteiger partial charge >= 0.3 is 0 Å². The molecule has 2 aromatic heterocycles. The second kappa shape index (κ2) is 7.97. The minimum Gasteiger partial charge on any atom is -0.479 e. The first-order valence-electron chi connectivity index (χ1n) is 8.25. The Balaban J connectivity index is 2.30. The van der Waals surface area contributed by atoms with Gasteiger partial charge in [0.25, 0.3) is 0 Å². The van der Waals surface area contributed by atoms with Gasteiger partial charge in [-0.3, -0.25) is 0 Å². The molecule has 2 aromatic rings. The lowest BCUT2D eigenvalue weighted by Crippen LogP contribution is -2.05. The van der Waals surface area contributed by atoms with Crippen LogP contribution >= 0.6 is 0 Å². The third-order valence-corrected chi connectivity index (χ3v) is 4.01. The number of unbranched alkanes of at least 4 members (excludes halogenated alkanes) is 1. The Bertz CT molecular complexity index is 592. The number of aryl methyl sites for hydroxylation is 1. The second-order valence-corrected chi connectivity index (χ2v) is 5.81. The predicted molar refractivity (Wildman–Crippen MR) is 89.8 cm³/mol. The van der Waals surface area contributed by atoms with Gasteiger partial charge in [-0.1, -0.05) is 33.1 Å². The number of rotatable bonds is 8. The number of aromatic nitrogens is 3. The molecule has 4 nitrogen and oxygen atoms in total. The summed E-state index contributed by atoms with van der Waals surface area (Å²) in [4.78, 5) is 9.05. The van der Waals surface area contributed by atoms with Gasteiger partial charge in [0.1, 0.15) is 5.69 Å². The number of pyridine rings is 1. The Morgan fingerprint density at radius 1 is 1.18 bits per heavy atom. The highest BCUT2D eigenvalue weighted by Crippen LogP contribution is 2.29. The molecule has 0 bridgehead atoms. The maximum absolute atomic E-state index is 5.52. The quantitative estimate of drug-likeness (QED) is 0.712. The summed E-state index contributed by atoms with van der Waals surface area (Å²) in [6.45, 7) is 6.45. The van der Waals surface area contributed by atoms with E-state index in [2.05, 4.69) is 31.0 Å². The summed E-state index contributed by atoms with van der Waals surface area (Å²) in [5.74, 6) is 1.20. The Morgan fingerprint density at radius 3 is 2.59 bits per heavy atom. The van der Waals surface area contributed by atoms with Crippen molar-refractivity contribution >= 4 is 0 Å². The smallest absolute Gasteiger partial charge is 0.238 e. The summed E-state index contributed by atoms with van der Waals surface area (Å²) in [6.07, 6.45) is 9.82. The number of hydrogen-bond acceptors (Lipinski definition) is 3. The van der Waals surface area contributed by atoms with Gasteiger partial charge in [-0.25, -0.2) is 9.97 Å². The normalized spacial score (nSPS) is 12.4. The molecule has 0 N–H and O–H groups in total. The van der Waals surface area contributed by atoms with Crippen molar-refractivity contribution < 1.29 is 4.74 Å². The average molecular weight is 301 g/mol. The van der Waals surface area contributed by atoms with Gasteiger partial charge in [0.2, 0.25) is 5.88 Å². The molecule has 0 saturated heterocycles. The highest BCUT2D eigenvalue weighted by Gasteiger charge is 2.15. The monoisotopic (exact) mass is 301 g/mol. The largest absolute Gasteiger partial charge is 0.479 e. The van der Waals surface area contributed by atoms with E-state index < -0.39 is 0 Å². The molecule has 120 valence electrons. The Labute approximate surface area is 133 Å². The minimum absolute atomic E-state index is 0.525. The molecule has 2 rings (SSSR count). The molecule has 2 heterocycles. The average Bonchev–Trinajstić information content (AvgIpc) is 2.97. The first-order chi connectivity index (χ1) is 10.7. The molecule has 4 heteroatoms. The van der Waals surface area contributed by atoms with Crippen LogP contribution in [0.3, 0.4) is 0 Å². The number of ether oxygens (including phenoxy) is 1. The van der Waals surface area contributed by atoms with Crippen LogP contribution in [0, 0.1) is 6.92 Å². The van der Waals surface area contributed by atoms with Crippen molar-refractivity contribution in [2.24, 2.45) is 0 Å². The summed E-state index contributed by atoms with van der Waals surface area (Å²) in [5.41, 5.74) is 3.07. The lowest BCUT2D eigenvalue weighted by molar-refractivity contribution is 0.391. The molecular weight excluding hydrogens is 274 g/mol. The minimum atomic E-state index is 0.525. The molecule has 0 radical (unpaired) electrons. The van der Waals surface area contributed by atoms with Gasteiger partial charge < -0.3 is 9.30 Å². The molecule has 0 amide bonds. The maximum Gasteiger partial charge on any atom is 0.238 e. The van der Waals surface area contributed by atoms with Crippen LogP contribution in [0.4, 0.5) is 0 Å². The first kappa shape index (κ1) is 16.5. The fourth-order valence-corrected chi connectivity index (χ4v) is 2.81. The molecule has 0 fully saturated rings. The lowest BCUT2D eigenvalue weighted by Gasteiger charge is -2.17. The highest BCUT2D eigenvalue weighted by atomic mass is 16.5. The number of hydrogen-bond donors (Lipinski definition) is 0. The molecule has 0 aliphatic rings. The number of nitrogens with zero attached hydrogens (tertiary/aromatic N) is 3. The molecule has 0 aliphatic heterocycles. The SMILES string of the molecule is CCCCC(CCC)c1ccc(-n2cnc(C)c2)c(OC)n1. The number of methoxy groups -OCH3 is 1. The lowest BCUT2D eigenvalue weighted by atomic mass is 9.93. The standard InChI is InChI=1S/C18H27N3O/c1-5-7-9-15(8-6-2)16-10-11-17(18(20-16)22-4)21-12-14(3)19-13-21/h10-13,15H,5-9H2,1-4H3. The van der Waals surface area contributed by atoms with E-state index in [-0.39, 0.29) is 0 Å². The zero-order chi connectivity index (χ0) is 15.9. The highest BCUT2D eigenvalue weighted by molar-refractivity contribution is 5.43. The van der Waals surface area contributed by atoms with E-state index in [1.807, 2.05) is 17.7 Å². The topological polar surface area (TPSA) is 39.9 Å². The van der Waals surface area contributed by atoms with Crippen molar-refractivity contribution in [3.05, 3.63) is 36.0 Å². The molecule has 0 spiro atoms. The first-order valence-corrected chi connectivity index (χ1v) is 8.25. The van der Waals surface area contributed by atoms with Gasteiger partial charge in [-0.15, -0.1) is 0 Å². The van der Waals surface area contributed by atoms with Crippen molar-refractivity contribution in [3.63, 3.8) is 0 Å².